The van der Waals surface area contributed by atoms with Crippen molar-refractivity contribution in [3.63, 3.8) is 0 Å². The quantitative estimate of drug-likeness (QED) is 0.882. The number of piperidine rings is 1. The summed E-state index contributed by atoms with van der Waals surface area (Å²) in [6.07, 6.45) is 11.7. The average Bonchev–Trinajstić information content (AvgIpc) is 3.44. The lowest BCUT2D eigenvalue weighted by Crippen LogP contribution is -2.45. The summed E-state index contributed by atoms with van der Waals surface area (Å²) in [7, 11) is 0. The molecule has 1 saturated carbocycles. The fourth-order valence-electron chi connectivity index (χ4n) is 5.38. The summed E-state index contributed by atoms with van der Waals surface area (Å²) in [6, 6.07) is 0.608. The van der Waals surface area contributed by atoms with Gasteiger partial charge in [0.15, 0.2) is 0 Å². The van der Waals surface area contributed by atoms with E-state index in [4.69, 9.17) is 0 Å². The Kier molecular flexibility index (Phi) is 4.51. The van der Waals surface area contributed by atoms with E-state index < -0.39 is 0 Å². The summed E-state index contributed by atoms with van der Waals surface area (Å²) in [6.45, 7) is 4.44. The molecule has 26 heavy (non-hydrogen) atoms. The van der Waals surface area contributed by atoms with Gasteiger partial charge in [-0.05, 0) is 68.8 Å². The standard InChI is InChI=1S/C21H32N4O/c26-21(10-9-20-18-3-1-2-4-19(18)22-23-20)25-13-16-7-8-17(14-25)24(12-16)11-15-5-6-15/h15-17H,1-14H2,(H,22,23)/t16-,17-/m0/s1. The molecule has 1 N–H and O–H groups in total. The van der Waals surface area contributed by atoms with Crippen LogP contribution in [-0.2, 0) is 24.1 Å². The Morgan fingerprint density at radius 1 is 1.08 bits per heavy atom. The van der Waals surface area contributed by atoms with Crippen LogP contribution >= 0.6 is 0 Å². The normalized spacial score (nSPS) is 28.8. The summed E-state index contributed by atoms with van der Waals surface area (Å²) >= 11 is 0. The second-order valence-corrected chi connectivity index (χ2v) is 9.13. The second-order valence-electron chi connectivity index (χ2n) is 9.13. The van der Waals surface area contributed by atoms with Crippen molar-refractivity contribution in [1.29, 1.82) is 0 Å². The van der Waals surface area contributed by atoms with Gasteiger partial charge in [0.05, 0.1) is 5.69 Å². The first-order chi connectivity index (χ1) is 12.8. The van der Waals surface area contributed by atoms with Crippen LogP contribution in [0.3, 0.4) is 0 Å². The second kappa shape index (κ2) is 6.99. The monoisotopic (exact) mass is 356 g/mol. The fraction of sp³-hybridized carbons (Fsp3) is 0.810. The van der Waals surface area contributed by atoms with Gasteiger partial charge in [-0.1, -0.05) is 0 Å². The van der Waals surface area contributed by atoms with Crippen molar-refractivity contribution < 1.29 is 4.79 Å². The molecular weight excluding hydrogens is 324 g/mol. The van der Waals surface area contributed by atoms with Crippen LogP contribution in [0.5, 0.6) is 0 Å². The van der Waals surface area contributed by atoms with Crippen LogP contribution < -0.4 is 0 Å². The minimum Gasteiger partial charge on any atom is -0.341 e. The molecule has 4 fully saturated rings. The minimum absolute atomic E-state index is 0.350. The van der Waals surface area contributed by atoms with Gasteiger partial charge in [-0.2, -0.15) is 5.10 Å². The number of amides is 1. The van der Waals surface area contributed by atoms with Gasteiger partial charge in [0, 0.05) is 50.8 Å². The van der Waals surface area contributed by atoms with E-state index in [1.54, 1.807) is 0 Å². The Bertz CT molecular complexity index is 665. The first-order valence-corrected chi connectivity index (χ1v) is 10.8. The van der Waals surface area contributed by atoms with E-state index in [0.29, 0.717) is 24.3 Å². The smallest absolute Gasteiger partial charge is 0.223 e. The van der Waals surface area contributed by atoms with Crippen molar-refractivity contribution in [3.05, 3.63) is 17.0 Å². The molecule has 142 valence electrons. The van der Waals surface area contributed by atoms with Crippen LogP contribution in [0.2, 0.25) is 0 Å². The molecule has 5 nitrogen and oxygen atoms in total. The lowest BCUT2D eigenvalue weighted by atomic mass is 9.94. The number of H-pyrrole nitrogens is 1. The van der Waals surface area contributed by atoms with E-state index in [1.807, 2.05) is 0 Å². The number of fused-ring (bicyclic) bond motifs is 5. The van der Waals surface area contributed by atoms with E-state index in [1.165, 1.54) is 62.9 Å². The van der Waals surface area contributed by atoms with E-state index in [0.717, 1.165) is 44.0 Å². The number of nitrogens with one attached hydrogen (secondary N) is 1. The highest BCUT2D eigenvalue weighted by atomic mass is 16.2. The highest BCUT2D eigenvalue weighted by Gasteiger charge is 2.38. The average molecular weight is 357 g/mol. The van der Waals surface area contributed by atoms with E-state index in [2.05, 4.69) is 20.0 Å². The molecule has 5 aliphatic rings. The van der Waals surface area contributed by atoms with Gasteiger partial charge < -0.3 is 4.90 Å². The number of carbonyl (C=O) groups is 1. The van der Waals surface area contributed by atoms with Crippen molar-refractivity contribution >= 4 is 5.91 Å². The van der Waals surface area contributed by atoms with Crippen molar-refractivity contribution in [2.45, 2.75) is 70.3 Å². The number of aromatic nitrogens is 2. The van der Waals surface area contributed by atoms with Crippen LogP contribution in [0.15, 0.2) is 0 Å². The summed E-state index contributed by atoms with van der Waals surface area (Å²) in [4.78, 5) is 17.8. The highest BCUT2D eigenvalue weighted by molar-refractivity contribution is 5.76. The number of rotatable bonds is 5. The summed E-state index contributed by atoms with van der Waals surface area (Å²) in [5.74, 6) is 1.99. The number of hydrogen-bond donors (Lipinski definition) is 1. The lowest BCUT2D eigenvalue weighted by molar-refractivity contribution is -0.131. The fourth-order valence-corrected chi connectivity index (χ4v) is 5.38. The summed E-state index contributed by atoms with van der Waals surface area (Å²) < 4.78 is 0. The molecule has 2 aliphatic carbocycles. The van der Waals surface area contributed by atoms with Gasteiger partial charge in [-0.25, -0.2) is 0 Å². The molecule has 0 aromatic carbocycles. The van der Waals surface area contributed by atoms with Crippen LogP contribution in [0.4, 0.5) is 0 Å². The molecule has 1 aromatic heterocycles. The summed E-state index contributed by atoms with van der Waals surface area (Å²) in [5, 5.41) is 7.74. The highest BCUT2D eigenvalue weighted by Crippen LogP contribution is 2.35. The molecule has 0 spiro atoms. The lowest BCUT2D eigenvalue weighted by Gasteiger charge is -2.36. The van der Waals surface area contributed by atoms with Gasteiger partial charge in [-0.3, -0.25) is 14.8 Å². The third-order valence-corrected chi connectivity index (χ3v) is 7.09. The Labute approximate surface area is 156 Å². The van der Waals surface area contributed by atoms with Crippen LogP contribution in [0, 0.1) is 11.8 Å². The van der Waals surface area contributed by atoms with Gasteiger partial charge in [0.25, 0.3) is 0 Å². The molecule has 2 atom stereocenters. The number of aryl methyl sites for hydroxylation is 2. The molecule has 0 unspecified atom stereocenters. The van der Waals surface area contributed by atoms with E-state index in [9.17, 15) is 4.79 Å². The molecule has 4 heterocycles. The molecule has 1 amide bonds. The maximum atomic E-state index is 12.9. The Morgan fingerprint density at radius 2 is 1.96 bits per heavy atom. The number of hydrogen-bond acceptors (Lipinski definition) is 3. The van der Waals surface area contributed by atoms with Crippen molar-refractivity contribution in [3.8, 4) is 0 Å². The molecule has 3 aliphatic heterocycles. The van der Waals surface area contributed by atoms with E-state index in [-0.39, 0.29) is 0 Å². The maximum Gasteiger partial charge on any atom is 0.223 e. The zero-order chi connectivity index (χ0) is 17.5. The summed E-state index contributed by atoms with van der Waals surface area (Å²) in [5.41, 5.74) is 3.89. The maximum absolute atomic E-state index is 12.9. The SMILES string of the molecule is O=C(CCc1n[nH]c2c1CCCC2)N1C[C@H]2CC[C@@H](C1)N(CC1CC1)C2. The predicted molar refractivity (Wildman–Crippen MR) is 101 cm³/mol. The van der Waals surface area contributed by atoms with Gasteiger partial charge in [0.2, 0.25) is 5.91 Å². The molecular formula is C21H32N4O. The molecule has 6 rings (SSSR count). The van der Waals surface area contributed by atoms with Gasteiger partial charge >= 0.3 is 0 Å². The first kappa shape index (κ1) is 16.8. The minimum atomic E-state index is 0.350. The number of nitrogens with zero attached hydrogens (tertiary/aromatic N) is 3. The largest absolute Gasteiger partial charge is 0.341 e. The third kappa shape index (κ3) is 3.42. The zero-order valence-corrected chi connectivity index (χ0v) is 15.9. The molecule has 5 heteroatoms. The number of carbonyl (C=O) groups excluding carboxylic acids is 1. The Hall–Kier alpha value is -1.36. The molecule has 2 bridgehead atoms. The zero-order valence-electron chi connectivity index (χ0n) is 15.9. The van der Waals surface area contributed by atoms with Crippen LogP contribution in [-0.4, -0.2) is 58.1 Å². The topological polar surface area (TPSA) is 52.2 Å². The molecule has 3 saturated heterocycles. The first-order valence-electron chi connectivity index (χ1n) is 10.8. The van der Waals surface area contributed by atoms with Crippen molar-refractivity contribution in [1.82, 2.24) is 20.0 Å². The van der Waals surface area contributed by atoms with Crippen LogP contribution in [0.1, 0.15) is 61.9 Å². The molecule has 1 aromatic rings. The van der Waals surface area contributed by atoms with Crippen molar-refractivity contribution in [2.24, 2.45) is 11.8 Å². The molecule has 0 radical (unpaired) electrons. The van der Waals surface area contributed by atoms with Crippen LogP contribution in [0.25, 0.3) is 0 Å². The number of aromatic amines is 1. The van der Waals surface area contributed by atoms with Gasteiger partial charge in [0.1, 0.15) is 0 Å². The van der Waals surface area contributed by atoms with E-state index >= 15 is 0 Å². The third-order valence-electron chi connectivity index (χ3n) is 7.09. The Morgan fingerprint density at radius 3 is 2.85 bits per heavy atom. The Balaban J connectivity index is 1.20. The van der Waals surface area contributed by atoms with Gasteiger partial charge in [-0.15, -0.1) is 0 Å². The van der Waals surface area contributed by atoms with Crippen molar-refractivity contribution in [2.75, 3.05) is 26.2 Å². The predicted octanol–water partition coefficient (Wildman–Crippen LogP) is 2.55.